The Bertz CT molecular complexity index is 5070. The van der Waals surface area contributed by atoms with E-state index in [4.69, 9.17) is 64.2 Å². The molecule has 0 saturated heterocycles. The molecule has 0 aliphatic rings. The van der Waals surface area contributed by atoms with Gasteiger partial charge in [0.15, 0.2) is 0 Å². The molecule has 10 N–H and O–H groups in total. The van der Waals surface area contributed by atoms with E-state index in [1.54, 1.807) is 75.1 Å². The molecular formula is C82H84BBrClF3LiN3O15. The van der Waals surface area contributed by atoms with E-state index < -0.39 is 18.9 Å². The number of carboxylic acid groups (broad SMARTS) is 1. The standard InChI is InChI=1S/C28H28FNO4.C26H24FNO4.C21H21BrO4.C7H9BFNO2.ClH.Li.H2O/c1-4-32-26(31)13-20-9-8-17(2)10-25(20)33-16-19-11-23-18(3)15-34-28(23)24(12-19)22-7-5-6-21(14-30)27(22)29;1-15-6-7-18(11-24(29)30)23(8-15)31-14-17-9-21-16(2)13-32-26(21)22(10-17)20-5-3-4-19(12-28)25(20)27;1-4-24-20(23)10-16-6-5-13(2)7-19(16)25-12-15-8-17-14(3)11-26-21(17)18(22)9-15;9-7-5(4-10)2-1-3-6(7)8(11)12;;;/h5-12,15H,4,13-14,16,30H2,1-3H3;3-10,13H,11-12,14,28H2,1-2H3,(H,29,30);5-9,11H,4,10,12H2,1-3H3;1-3,11-12H,4,10H2;1H;;1H2/q;;;;;+1;/p-1. The van der Waals surface area contributed by atoms with Crippen LogP contribution >= 0.6 is 28.3 Å². The fraction of sp³-hybridized carbons (Fsp3) is 0.232. The molecule has 556 valence electrons. The number of aliphatic carboxylic acids is 1. The summed E-state index contributed by atoms with van der Waals surface area (Å²) in [5, 5.41) is 29.4. The van der Waals surface area contributed by atoms with Crippen LogP contribution in [0.1, 0.15) is 97.3 Å². The zero-order chi connectivity index (χ0) is 74.9. The van der Waals surface area contributed by atoms with E-state index in [2.05, 4.69) is 22.0 Å². The van der Waals surface area contributed by atoms with E-state index in [9.17, 15) is 23.9 Å². The molecule has 0 fully saturated rings. The molecule has 0 aliphatic heterocycles. The number of hydrogen-bond donors (Lipinski definition) is 6. The van der Waals surface area contributed by atoms with Gasteiger partial charge in [-0.25, -0.2) is 13.2 Å². The predicted molar refractivity (Wildman–Crippen MR) is 409 cm³/mol. The number of ether oxygens (including phenoxy) is 5. The number of aryl methyl sites for hydroxylation is 6. The molecule has 0 aliphatic carbocycles. The van der Waals surface area contributed by atoms with Gasteiger partial charge in [0, 0.05) is 96.9 Å². The Kier molecular flexibility index (Phi) is 32.6. The molecule has 0 radical (unpaired) electrons. The van der Waals surface area contributed by atoms with Gasteiger partial charge in [-0.15, -0.1) is 12.4 Å². The Balaban J connectivity index is 0.000000231. The second kappa shape index (κ2) is 40.4. The average Bonchev–Trinajstić information content (AvgIpc) is 1.71. The molecule has 18 nitrogen and oxygen atoms in total. The molecule has 9 aromatic carbocycles. The zero-order valence-electron chi connectivity index (χ0n) is 60.9. The van der Waals surface area contributed by atoms with Crippen molar-refractivity contribution >= 4 is 91.7 Å². The van der Waals surface area contributed by atoms with Crippen molar-refractivity contribution in [2.75, 3.05) is 13.2 Å². The molecule has 0 bridgehead atoms. The van der Waals surface area contributed by atoms with Crippen molar-refractivity contribution in [1.29, 1.82) is 0 Å². The number of halogens is 5. The third-order valence-electron chi connectivity index (χ3n) is 17.0. The van der Waals surface area contributed by atoms with Crippen LogP contribution in [0, 0.1) is 59.0 Å². The quantitative estimate of drug-likeness (QED) is 0.0256. The Morgan fingerprint density at radius 1 is 0.458 bits per heavy atom. The molecule has 12 aromatic rings. The van der Waals surface area contributed by atoms with Crippen molar-refractivity contribution in [2.24, 2.45) is 17.2 Å². The monoisotopic (exact) mass is 1540 g/mol. The van der Waals surface area contributed by atoms with Crippen LogP contribution in [0.15, 0.2) is 182 Å². The Hall–Kier alpha value is -9.61. The van der Waals surface area contributed by atoms with Crippen LogP contribution in [-0.2, 0) is 82.6 Å². The van der Waals surface area contributed by atoms with Crippen LogP contribution in [0.25, 0.3) is 55.2 Å². The molecule has 0 amide bonds. The van der Waals surface area contributed by atoms with Crippen LogP contribution in [0.3, 0.4) is 0 Å². The summed E-state index contributed by atoms with van der Waals surface area (Å²) in [4.78, 5) is 35.1. The largest absolute Gasteiger partial charge is 1.00 e. The molecule has 3 heterocycles. The topological polar surface area (TPSA) is 306 Å². The third-order valence-corrected chi connectivity index (χ3v) is 17.6. The number of fused-ring (bicyclic) bond motifs is 3. The first-order chi connectivity index (χ1) is 49.9. The van der Waals surface area contributed by atoms with Gasteiger partial charge in [0.05, 0.1) is 55.7 Å². The van der Waals surface area contributed by atoms with Gasteiger partial charge < -0.3 is 74.8 Å². The minimum Gasteiger partial charge on any atom is -0.870 e. The summed E-state index contributed by atoms with van der Waals surface area (Å²) in [6, 6.07) is 43.4. The smallest absolute Gasteiger partial charge is 0.870 e. The fourth-order valence-electron chi connectivity index (χ4n) is 11.6. The van der Waals surface area contributed by atoms with Crippen molar-refractivity contribution in [3.05, 3.63) is 270 Å². The molecule has 25 heteroatoms. The van der Waals surface area contributed by atoms with Gasteiger partial charge in [-0.3, -0.25) is 14.4 Å². The predicted octanol–water partition coefficient (Wildman–Crippen LogP) is 13.2. The first-order valence-corrected chi connectivity index (χ1v) is 34.4. The second-order valence-electron chi connectivity index (χ2n) is 24.8. The Morgan fingerprint density at radius 3 is 1.17 bits per heavy atom. The number of esters is 2. The first kappa shape index (κ1) is 86.3. The average molecular weight is 1540 g/mol. The Labute approximate surface area is 645 Å². The summed E-state index contributed by atoms with van der Waals surface area (Å²) >= 11 is 3.55. The number of furan rings is 3. The molecule has 0 spiro atoms. The summed E-state index contributed by atoms with van der Waals surface area (Å²) in [6.45, 7) is 17.2. The summed E-state index contributed by atoms with van der Waals surface area (Å²) < 4.78 is 89.8. The van der Waals surface area contributed by atoms with E-state index in [0.29, 0.717) is 87.2 Å². The van der Waals surface area contributed by atoms with E-state index >= 15 is 8.78 Å². The van der Waals surface area contributed by atoms with Gasteiger partial charge in [0.25, 0.3) is 0 Å². The maximum Gasteiger partial charge on any atom is 1.00 e. The van der Waals surface area contributed by atoms with E-state index in [1.807, 2.05) is 120 Å². The first-order valence-electron chi connectivity index (χ1n) is 33.6. The molecule has 0 unspecified atom stereocenters. The summed E-state index contributed by atoms with van der Waals surface area (Å²) in [5.74, 6) is -0.993. The van der Waals surface area contributed by atoms with Crippen molar-refractivity contribution < 1.29 is 104 Å². The number of nitrogens with two attached hydrogens (primary N) is 3. The van der Waals surface area contributed by atoms with Gasteiger partial charge in [0.1, 0.15) is 71.3 Å². The van der Waals surface area contributed by atoms with E-state index in [1.165, 1.54) is 18.2 Å². The van der Waals surface area contributed by atoms with Crippen molar-refractivity contribution in [3.8, 4) is 39.5 Å². The summed E-state index contributed by atoms with van der Waals surface area (Å²) in [7, 11) is -1.78. The zero-order valence-corrected chi connectivity index (χ0v) is 63.3. The molecule has 107 heavy (non-hydrogen) atoms. The van der Waals surface area contributed by atoms with E-state index in [-0.39, 0.29) is 123 Å². The molecule has 0 saturated carbocycles. The van der Waals surface area contributed by atoms with Gasteiger partial charge in [0.2, 0.25) is 0 Å². The number of carbonyl (C=O) groups excluding carboxylic acids is 2. The summed E-state index contributed by atoms with van der Waals surface area (Å²) in [6.07, 6.45) is 5.27. The minimum absolute atomic E-state index is 0. The Morgan fingerprint density at radius 2 is 0.804 bits per heavy atom. The normalized spacial score (nSPS) is 10.6. The maximum atomic E-state index is 15.2. The van der Waals surface area contributed by atoms with Gasteiger partial charge >= 0.3 is 43.9 Å². The van der Waals surface area contributed by atoms with Crippen molar-refractivity contribution in [2.45, 2.75) is 114 Å². The second-order valence-corrected chi connectivity index (χ2v) is 25.7. The summed E-state index contributed by atoms with van der Waals surface area (Å²) in [5.41, 5.74) is 32.7. The molecular weight excluding hydrogens is 1460 g/mol. The van der Waals surface area contributed by atoms with Crippen LogP contribution in [0.4, 0.5) is 13.2 Å². The van der Waals surface area contributed by atoms with Crippen LogP contribution in [-0.4, -0.2) is 58.9 Å². The van der Waals surface area contributed by atoms with Crippen LogP contribution < -0.4 is 55.7 Å². The SMILES string of the molecule is CCOC(=O)Cc1ccc(C)cc1OCc1cc(-c2cccc(CN)c2F)c2occ(C)c2c1.CCOC(=O)Cc1ccc(C)cc1OCc1cc(Br)c2occ(C)c2c1.Cc1ccc(CC(=O)O)c(OCc2cc(-c3cccc(CN)c3F)c3occ(C)c3c2)c1.Cl.NCc1cccc(B(O)O)c1F.[Li+].[OH-]. The number of benzene rings is 9. The number of hydrogen-bond acceptors (Lipinski definition) is 17. The number of rotatable bonds is 23. The van der Waals surface area contributed by atoms with Gasteiger partial charge in [-0.1, -0.05) is 91.0 Å². The molecule has 3 aromatic heterocycles. The molecule has 0 atom stereocenters. The fourth-order valence-corrected chi connectivity index (χ4v) is 12.2. The van der Waals surface area contributed by atoms with Crippen LogP contribution in [0.5, 0.6) is 17.2 Å². The minimum atomic E-state index is -1.78. The number of carbonyl (C=O) groups is 3. The molecule has 12 rings (SSSR count). The maximum absolute atomic E-state index is 15.2. The van der Waals surface area contributed by atoms with Crippen LogP contribution in [0.2, 0.25) is 0 Å². The van der Waals surface area contributed by atoms with Crippen molar-refractivity contribution in [1.82, 2.24) is 0 Å². The van der Waals surface area contributed by atoms with Gasteiger partial charge in [-0.05, 0) is 176 Å². The van der Waals surface area contributed by atoms with Crippen molar-refractivity contribution in [3.63, 3.8) is 0 Å². The third kappa shape index (κ3) is 22.0. The van der Waals surface area contributed by atoms with Gasteiger partial charge in [-0.2, -0.15) is 0 Å². The number of carboxylic acids is 1. The van der Waals surface area contributed by atoms with E-state index in [0.717, 1.165) is 87.4 Å².